The fourth-order valence-corrected chi connectivity index (χ4v) is 4.76. The van der Waals surface area contributed by atoms with E-state index < -0.39 is 0 Å². The minimum atomic E-state index is 0.0517. The summed E-state index contributed by atoms with van der Waals surface area (Å²) in [4.78, 5) is 22.1. The van der Waals surface area contributed by atoms with E-state index >= 15 is 0 Å². The number of fused-ring (bicyclic) bond motifs is 2. The smallest absolute Gasteiger partial charge is 0.229 e. The number of ether oxygens (including phenoxy) is 1. The van der Waals surface area contributed by atoms with Gasteiger partial charge in [-0.1, -0.05) is 0 Å². The van der Waals surface area contributed by atoms with Crippen LogP contribution in [0.25, 0.3) is 5.65 Å². The Morgan fingerprint density at radius 3 is 2.68 bits per heavy atom. The number of hydrogen-bond donors (Lipinski definition) is 1. The molecule has 28 heavy (non-hydrogen) atoms. The summed E-state index contributed by atoms with van der Waals surface area (Å²) in [7, 11) is 0. The Morgan fingerprint density at radius 2 is 1.89 bits per heavy atom. The van der Waals surface area contributed by atoms with E-state index in [1.807, 2.05) is 35.5 Å². The Hall–Kier alpha value is -2.19. The Balaban J connectivity index is 1.37. The lowest BCUT2D eigenvalue weighted by molar-refractivity contribution is -0.148. The first-order valence-electron chi connectivity index (χ1n) is 10.4. The van der Waals surface area contributed by atoms with Gasteiger partial charge in [0.15, 0.2) is 5.65 Å². The first-order chi connectivity index (χ1) is 13.6. The number of amides is 1. The van der Waals surface area contributed by atoms with Crippen molar-refractivity contribution in [3.8, 4) is 0 Å². The van der Waals surface area contributed by atoms with Crippen LogP contribution in [-0.4, -0.2) is 76.9 Å². The summed E-state index contributed by atoms with van der Waals surface area (Å²) in [6.45, 7) is 8.87. The van der Waals surface area contributed by atoms with Gasteiger partial charge in [0.2, 0.25) is 5.91 Å². The molecule has 5 heterocycles. The number of carbonyl (C=O) groups excluding carboxylic acids is 1. The number of nitrogens with zero attached hydrogens (tertiary/aromatic N) is 5. The van der Waals surface area contributed by atoms with E-state index in [9.17, 15) is 4.79 Å². The van der Waals surface area contributed by atoms with Crippen molar-refractivity contribution in [3.05, 3.63) is 23.5 Å². The van der Waals surface area contributed by atoms with Crippen LogP contribution in [0.4, 0.5) is 5.82 Å². The summed E-state index contributed by atoms with van der Waals surface area (Å²) in [5.41, 5.74) is 3.33. The maximum atomic E-state index is 13.0. The van der Waals surface area contributed by atoms with E-state index in [4.69, 9.17) is 9.72 Å². The summed E-state index contributed by atoms with van der Waals surface area (Å²) >= 11 is 0. The monoisotopic (exact) mass is 384 g/mol. The van der Waals surface area contributed by atoms with Gasteiger partial charge in [-0.05, 0) is 26.8 Å². The van der Waals surface area contributed by atoms with Crippen molar-refractivity contribution in [1.29, 1.82) is 0 Å². The Bertz CT molecular complexity index is 880. The SMILES string of the molecule is C[C@@H]1CN(C(=O)C2CN(c3c4c(nc5ccnn35)CCNCC4)C2)C[C@H](C)O1. The fraction of sp³-hybridized carbons (Fsp3) is 0.650. The molecule has 8 heteroatoms. The minimum absolute atomic E-state index is 0.0517. The standard InChI is InChI=1S/C20H28N6O2/c1-13-9-25(10-14(2)28-13)20(27)15-11-24(12-15)19-16-3-6-21-7-4-17(16)23-18-5-8-22-26(18)19/h5,8,13-15,21H,3-4,6-7,9-12H2,1-2H3/t13-,14+. The average molecular weight is 384 g/mol. The van der Waals surface area contributed by atoms with Gasteiger partial charge in [0.25, 0.3) is 0 Å². The maximum absolute atomic E-state index is 13.0. The van der Waals surface area contributed by atoms with E-state index in [1.54, 1.807) is 0 Å². The van der Waals surface area contributed by atoms with Gasteiger partial charge in [0.1, 0.15) is 5.82 Å². The highest BCUT2D eigenvalue weighted by atomic mass is 16.5. The fourth-order valence-electron chi connectivity index (χ4n) is 4.76. The number of hydrogen-bond acceptors (Lipinski definition) is 6. The molecule has 0 aliphatic carbocycles. The topological polar surface area (TPSA) is 75.0 Å². The zero-order valence-corrected chi connectivity index (χ0v) is 16.6. The van der Waals surface area contributed by atoms with Crippen LogP contribution in [0.5, 0.6) is 0 Å². The number of anilines is 1. The van der Waals surface area contributed by atoms with E-state index in [0.717, 1.165) is 50.5 Å². The molecule has 0 spiro atoms. The predicted octanol–water partition coefficient (Wildman–Crippen LogP) is 0.490. The van der Waals surface area contributed by atoms with Gasteiger partial charge in [-0.25, -0.2) is 4.98 Å². The summed E-state index contributed by atoms with van der Waals surface area (Å²) in [6.07, 6.45) is 3.90. The zero-order chi connectivity index (χ0) is 19.3. The summed E-state index contributed by atoms with van der Waals surface area (Å²) in [5.74, 6) is 1.44. The number of carbonyl (C=O) groups is 1. The van der Waals surface area contributed by atoms with E-state index in [2.05, 4.69) is 15.3 Å². The molecule has 2 aromatic rings. The van der Waals surface area contributed by atoms with E-state index in [0.29, 0.717) is 13.1 Å². The van der Waals surface area contributed by atoms with Crippen LogP contribution in [-0.2, 0) is 22.4 Å². The van der Waals surface area contributed by atoms with Crippen LogP contribution < -0.4 is 10.2 Å². The molecule has 0 saturated carbocycles. The van der Waals surface area contributed by atoms with Crippen molar-refractivity contribution in [1.82, 2.24) is 24.8 Å². The molecule has 2 fully saturated rings. The van der Waals surface area contributed by atoms with Gasteiger partial charge < -0.3 is 19.9 Å². The molecule has 0 bridgehead atoms. The number of aromatic nitrogens is 3. The molecule has 3 aliphatic heterocycles. The van der Waals surface area contributed by atoms with Gasteiger partial charge in [-0.3, -0.25) is 4.79 Å². The molecular formula is C20H28N6O2. The van der Waals surface area contributed by atoms with E-state index in [-0.39, 0.29) is 24.0 Å². The lowest BCUT2D eigenvalue weighted by Crippen LogP contribution is -2.58. The molecule has 0 radical (unpaired) electrons. The molecule has 2 atom stereocenters. The lowest BCUT2D eigenvalue weighted by Gasteiger charge is -2.44. The van der Waals surface area contributed by atoms with Gasteiger partial charge >= 0.3 is 0 Å². The Labute approximate surface area is 164 Å². The summed E-state index contributed by atoms with van der Waals surface area (Å²) < 4.78 is 7.72. The van der Waals surface area contributed by atoms with Gasteiger partial charge in [0.05, 0.1) is 30.0 Å². The van der Waals surface area contributed by atoms with Crippen LogP contribution >= 0.6 is 0 Å². The third-order valence-corrected chi connectivity index (χ3v) is 6.04. The molecule has 2 aromatic heterocycles. The highest BCUT2D eigenvalue weighted by Crippen LogP contribution is 2.32. The molecule has 0 aromatic carbocycles. The van der Waals surface area contributed by atoms with Crippen molar-refractivity contribution in [3.63, 3.8) is 0 Å². The third kappa shape index (κ3) is 3.04. The second-order valence-corrected chi connectivity index (χ2v) is 8.31. The zero-order valence-electron chi connectivity index (χ0n) is 16.6. The third-order valence-electron chi connectivity index (χ3n) is 6.04. The largest absolute Gasteiger partial charge is 0.372 e. The average Bonchev–Trinajstić information content (AvgIpc) is 2.95. The van der Waals surface area contributed by atoms with Crippen LogP contribution in [0.3, 0.4) is 0 Å². The van der Waals surface area contributed by atoms with Crippen LogP contribution in [0, 0.1) is 5.92 Å². The molecule has 1 N–H and O–H groups in total. The van der Waals surface area contributed by atoms with Crippen molar-refractivity contribution in [2.75, 3.05) is 44.2 Å². The van der Waals surface area contributed by atoms with Gasteiger partial charge in [0, 0.05) is 50.8 Å². The molecule has 8 nitrogen and oxygen atoms in total. The summed E-state index contributed by atoms with van der Waals surface area (Å²) in [5, 5.41) is 7.98. The molecule has 1 amide bonds. The molecule has 2 saturated heterocycles. The van der Waals surface area contributed by atoms with Crippen LogP contribution in [0.15, 0.2) is 12.3 Å². The van der Waals surface area contributed by atoms with Gasteiger partial charge in [-0.2, -0.15) is 9.61 Å². The molecule has 5 rings (SSSR count). The first kappa shape index (κ1) is 17.9. The highest BCUT2D eigenvalue weighted by molar-refractivity contribution is 5.82. The van der Waals surface area contributed by atoms with Crippen LogP contribution in [0.2, 0.25) is 0 Å². The van der Waals surface area contributed by atoms with Crippen molar-refractivity contribution in [2.24, 2.45) is 5.92 Å². The van der Waals surface area contributed by atoms with E-state index in [1.165, 1.54) is 11.3 Å². The summed E-state index contributed by atoms with van der Waals surface area (Å²) in [6, 6.07) is 1.96. The molecule has 0 unspecified atom stereocenters. The lowest BCUT2D eigenvalue weighted by atomic mass is 9.96. The van der Waals surface area contributed by atoms with Crippen LogP contribution in [0.1, 0.15) is 25.1 Å². The Kier molecular flexibility index (Phi) is 4.47. The molecular weight excluding hydrogens is 356 g/mol. The first-order valence-corrected chi connectivity index (χ1v) is 10.4. The second kappa shape index (κ2) is 7.00. The van der Waals surface area contributed by atoms with Crippen molar-refractivity contribution < 1.29 is 9.53 Å². The van der Waals surface area contributed by atoms with Gasteiger partial charge in [-0.15, -0.1) is 0 Å². The number of rotatable bonds is 2. The van der Waals surface area contributed by atoms with Crippen molar-refractivity contribution in [2.45, 2.75) is 38.9 Å². The maximum Gasteiger partial charge on any atom is 0.229 e. The molecule has 150 valence electrons. The Morgan fingerprint density at radius 1 is 1.14 bits per heavy atom. The second-order valence-electron chi connectivity index (χ2n) is 8.31. The minimum Gasteiger partial charge on any atom is -0.372 e. The quantitative estimate of drug-likeness (QED) is 0.812. The molecule has 3 aliphatic rings. The highest BCUT2D eigenvalue weighted by Gasteiger charge is 2.39. The predicted molar refractivity (Wildman–Crippen MR) is 106 cm³/mol. The normalized spacial score (nSPS) is 26.1. The number of morpholine rings is 1. The van der Waals surface area contributed by atoms with Crippen molar-refractivity contribution >= 4 is 17.4 Å². The number of nitrogens with one attached hydrogen (secondary N) is 1.